The summed E-state index contributed by atoms with van der Waals surface area (Å²) in [4.78, 5) is 51.5. The van der Waals surface area contributed by atoms with Crippen LogP contribution in [0, 0.1) is 0 Å². The number of ether oxygens (including phenoxy) is 6. The maximum absolute atomic E-state index is 13.2. The molecule has 0 aliphatic rings. The van der Waals surface area contributed by atoms with E-state index in [2.05, 4.69) is 71.2 Å². The van der Waals surface area contributed by atoms with Crippen LogP contribution in [-0.2, 0) is 62.6 Å². The second-order valence-electron chi connectivity index (χ2n) is 20.4. The number of amides is 1. The van der Waals surface area contributed by atoms with Gasteiger partial charge in [-0.25, -0.2) is 4.79 Å². The molecular weight excluding hydrogens is 943 g/mol. The first kappa shape index (κ1) is 71.3. The molecular formula is C64H113NO10. The van der Waals surface area contributed by atoms with E-state index in [-0.39, 0.29) is 50.7 Å². The summed E-state index contributed by atoms with van der Waals surface area (Å²) in [5, 5.41) is 2.76. The topological polar surface area (TPSA) is 136 Å². The SMILES string of the molecule is CCC.CCCCC/C=C\C/C=C\CCCCCCCC(=O)OCc1cc(COC(=O)CCC(CCCCCC)OC(=O)NCCC)cc(COC(=O)CCC(OCCCCCCCC)OCCCCCCCC)c1. The lowest BCUT2D eigenvalue weighted by atomic mass is 10.1. The zero-order valence-electron chi connectivity index (χ0n) is 49.3. The molecule has 0 aromatic heterocycles. The summed E-state index contributed by atoms with van der Waals surface area (Å²) in [7, 11) is 0. The molecule has 0 bridgehead atoms. The van der Waals surface area contributed by atoms with Gasteiger partial charge in [0.1, 0.15) is 25.9 Å². The van der Waals surface area contributed by atoms with Gasteiger partial charge in [0.25, 0.3) is 0 Å². The van der Waals surface area contributed by atoms with E-state index in [1.54, 1.807) is 0 Å². The first-order chi connectivity index (χ1) is 36.6. The van der Waals surface area contributed by atoms with Gasteiger partial charge in [-0.05, 0) is 112 Å². The molecule has 75 heavy (non-hydrogen) atoms. The molecule has 0 radical (unpaired) electrons. The van der Waals surface area contributed by atoms with Crippen molar-refractivity contribution in [3.63, 3.8) is 0 Å². The van der Waals surface area contributed by atoms with Crippen LogP contribution in [0.25, 0.3) is 0 Å². The molecule has 1 unspecified atom stereocenters. The molecule has 11 nitrogen and oxygen atoms in total. The number of carbonyl (C=O) groups is 4. The predicted molar refractivity (Wildman–Crippen MR) is 309 cm³/mol. The van der Waals surface area contributed by atoms with Crippen LogP contribution in [0.3, 0.4) is 0 Å². The van der Waals surface area contributed by atoms with E-state index in [1.165, 1.54) is 83.5 Å². The van der Waals surface area contributed by atoms with Gasteiger partial charge >= 0.3 is 24.0 Å². The number of hydrogen-bond acceptors (Lipinski definition) is 10. The normalized spacial score (nSPS) is 11.7. The van der Waals surface area contributed by atoms with Crippen LogP contribution in [-0.4, -0.2) is 56.2 Å². The minimum absolute atomic E-state index is 0.00652. The number of allylic oxidation sites excluding steroid dienone is 4. The fourth-order valence-electron chi connectivity index (χ4n) is 8.28. The van der Waals surface area contributed by atoms with Gasteiger partial charge < -0.3 is 33.7 Å². The predicted octanol–water partition coefficient (Wildman–Crippen LogP) is 18.2. The van der Waals surface area contributed by atoms with Crippen molar-refractivity contribution in [1.82, 2.24) is 5.32 Å². The number of carbonyl (C=O) groups excluding carboxylic acids is 4. The van der Waals surface area contributed by atoms with E-state index in [4.69, 9.17) is 28.4 Å². The minimum Gasteiger partial charge on any atom is -0.461 e. The highest BCUT2D eigenvalue weighted by atomic mass is 16.7. The van der Waals surface area contributed by atoms with Crippen molar-refractivity contribution in [3.05, 3.63) is 59.2 Å². The van der Waals surface area contributed by atoms with Crippen molar-refractivity contribution in [1.29, 1.82) is 0 Å². The Bertz CT molecular complexity index is 1530. The summed E-state index contributed by atoms with van der Waals surface area (Å²) < 4.78 is 35.2. The molecule has 0 heterocycles. The van der Waals surface area contributed by atoms with Crippen molar-refractivity contribution < 1.29 is 47.6 Å². The number of alkyl carbamates (subject to hydrolysis) is 1. The van der Waals surface area contributed by atoms with Gasteiger partial charge in [0.05, 0.1) is 6.42 Å². The highest BCUT2D eigenvalue weighted by Crippen LogP contribution is 2.19. The van der Waals surface area contributed by atoms with Gasteiger partial charge in [-0.2, -0.15) is 0 Å². The van der Waals surface area contributed by atoms with E-state index < -0.39 is 18.4 Å². The van der Waals surface area contributed by atoms with Crippen LogP contribution in [0.5, 0.6) is 0 Å². The van der Waals surface area contributed by atoms with E-state index in [0.29, 0.717) is 62.1 Å². The Morgan fingerprint density at radius 2 is 0.840 bits per heavy atom. The third kappa shape index (κ3) is 48.4. The Balaban J connectivity index is 0.0000178. The molecule has 1 rings (SSSR count). The number of unbranched alkanes of at least 4 members (excludes halogenated alkanes) is 21. The molecule has 0 aliphatic carbocycles. The lowest BCUT2D eigenvalue weighted by Gasteiger charge is -2.19. The van der Waals surface area contributed by atoms with Gasteiger partial charge in [0, 0.05) is 39.0 Å². The Labute approximate surface area is 459 Å². The van der Waals surface area contributed by atoms with Crippen molar-refractivity contribution in [2.75, 3.05) is 19.8 Å². The zero-order valence-corrected chi connectivity index (χ0v) is 49.3. The molecule has 0 spiro atoms. The largest absolute Gasteiger partial charge is 0.461 e. The van der Waals surface area contributed by atoms with Crippen molar-refractivity contribution in [2.45, 2.75) is 305 Å². The van der Waals surface area contributed by atoms with Gasteiger partial charge in [0.2, 0.25) is 0 Å². The molecule has 11 heteroatoms. The van der Waals surface area contributed by atoms with Crippen LogP contribution in [0.1, 0.15) is 290 Å². The smallest absolute Gasteiger partial charge is 0.407 e. The van der Waals surface area contributed by atoms with Crippen molar-refractivity contribution in [2.24, 2.45) is 0 Å². The molecule has 1 amide bonds. The zero-order chi connectivity index (χ0) is 55.1. The Morgan fingerprint density at radius 1 is 0.440 bits per heavy atom. The second-order valence-corrected chi connectivity index (χ2v) is 20.4. The average Bonchev–Trinajstić information content (AvgIpc) is 3.40. The van der Waals surface area contributed by atoms with Crippen LogP contribution in [0.15, 0.2) is 42.5 Å². The van der Waals surface area contributed by atoms with E-state index in [9.17, 15) is 19.2 Å². The lowest BCUT2D eigenvalue weighted by Crippen LogP contribution is -2.30. The average molecular weight is 1060 g/mol. The van der Waals surface area contributed by atoms with Crippen molar-refractivity contribution >= 4 is 24.0 Å². The van der Waals surface area contributed by atoms with Gasteiger partial charge in [-0.1, -0.05) is 195 Å². The Hall–Kier alpha value is -3.70. The molecule has 0 fully saturated rings. The van der Waals surface area contributed by atoms with Crippen LogP contribution in [0.2, 0.25) is 0 Å². The Morgan fingerprint density at radius 3 is 1.33 bits per heavy atom. The highest BCUT2D eigenvalue weighted by molar-refractivity contribution is 5.70. The van der Waals surface area contributed by atoms with E-state index >= 15 is 0 Å². The molecule has 1 aromatic rings. The highest BCUT2D eigenvalue weighted by Gasteiger charge is 2.18. The van der Waals surface area contributed by atoms with E-state index in [0.717, 1.165) is 103 Å². The van der Waals surface area contributed by atoms with Gasteiger partial charge in [-0.15, -0.1) is 0 Å². The number of nitrogens with one attached hydrogen (secondary N) is 1. The van der Waals surface area contributed by atoms with Gasteiger partial charge in [-0.3, -0.25) is 14.4 Å². The molecule has 0 aliphatic heterocycles. The number of rotatable bonds is 50. The molecule has 1 atom stereocenters. The van der Waals surface area contributed by atoms with Crippen LogP contribution >= 0.6 is 0 Å². The third-order valence-corrected chi connectivity index (χ3v) is 12.7. The maximum atomic E-state index is 13.2. The summed E-state index contributed by atoms with van der Waals surface area (Å²) in [6, 6.07) is 5.57. The second kappa shape index (κ2) is 55.1. The van der Waals surface area contributed by atoms with Gasteiger partial charge in [0.15, 0.2) is 6.29 Å². The third-order valence-electron chi connectivity index (χ3n) is 12.7. The lowest BCUT2D eigenvalue weighted by molar-refractivity contribution is -0.160. The monoisotopic (exact) mass is 1060 g/mol. The quantitative estimate of drug-likeness (QED) is 0.0221. The maximum Gasteiger partial charge on any atom is 0.407 e. The van der Waals surface area contributed by atoms with Crippen molar-refractivity contribution in [3.8, 4) is 0 Å². The number of benzene rings is 1. The van der Waals surface area contributed by atoms with Crippen LogP contribution in [0.4, 0.5) is 4.79 Å². The molecule has 0 saturated heterocycles. The van der Waals surface area contributed by atoms with E-state index in [1.807, 2.05) is 25.1 Å². The summed E-state index contributed by atoms with van der Waals surface area (Å²) in [5.41, 5.74) is 2.10. The number of esters is 3. The summed E-state index contributed by atoms with van der Waals surface area (Å²) in [5.74, 6) is -1.02. The molecule has 0 saturated carbocycles. The minimum atomic E-state index is -0.464. The van der Waals surface area contributed by atoms with Crippen LogP contribution < -0.4 is 5.32 Å². The molecule has 1 N–H and O–H groups in total. The first-order valence-electron chi connectivity index (χ1n) is 30.7. The fourth-order valence-corrected chi connectivity index (χ4v) is 8.28. The summed E-state index contributed by atoms with van der Waals surface area (Å²) in [6.07, 6.45) is 42.3. The summed E-state index contributed by atoms with van der Waals surface area (Å²) >= 11 is 0. The summed E-state index contributed by atoms with van der Waals surface area (Å²) in [6.45, 7) is 16.8. The molecule has 434 valence electrons. The Kier molecular flexibility index (Phi) is 52.4. The fraction of sp³-hybridized carbons (Fsp3) is 0.781. The molecule has 1 aromatic carbocycles. The number of hydrogen-bond donors (Lipinski definition) is 1. The standard InChI is InChI=1S/C61H105NO10.C3H8/c1-6-11-15-19-22-23-24-25-26-27-28-29-30-31-35-39-57(63)69-50-53-47-54(51-70-58(64)41-40-56(38-34-18-14-9-4)72-61(66)62-44-10-5)49-55(48-53)52-71-59(65)42-43-60(67-45-36-32-20-16-12-7-2)68-46-37-33-21-17-13-8-3;1-3-2/h22-23,25-26,47-49,56,60H,6-21,24,27-46,50-52H2,1-5H3,(H,62,66);3H2,1-2H3/b23-22-,26-25-;. The first-order valence-corrected chi connectivity index (χ1v) is 30.7.